The van der Waals surface area contributed by atoms with Gasteiger partial charge in [-0.05, 0) is 39.0 Å². The maximum atomic E-state index is 13.8. The van der Waals surface area contributed by atoms with Gasteiger partial charge in [0, 0.05) is 5.69 Å². The fourth-order valence-corrected chi connectivity index (χ4v) is 2.55. The zero-order valence-electron chi connectivity index (χ0n) is 13.7. The van der Waals surface area contributed by atoms with Gasteiger partial charge < -0.3 is 5.32 Å². The molecule has 0 fully saturated rings. The van der Waals surface area contributed by atoms with Crippen LogP contribution < -0.4 is 5.32 Å². The maximum absolute atomic E-state index is 13.8. The molecular weight excluding hydrogens is 309 g/mol. The van der Waals surface area contributed by atoms with E-state index in [1.165, 1.54) is 16.9 Å². The average molecular weight is 327 g/mol. The summed E-state index contributed by atoms with van der Waals surface area (Å²) in [5.41, 5.74) is 2.60. The fraction of sp³-hybridized carbons (Fsp3) is 0.235. The van der Waals surface area contributed by atoms with E-state index in [0.29, 0.717) is 11.4 Å². The van der Waals surface area contributed by atoms with Crippen molar-refractivity contribution >= 4 is 11.6 Å². The summed E-state index contributed by atoms with van der Waals surface area (Å²) in [6, 6.07) is 7.77. The summed E-state index contributed by atoms with van der Waals surface area (Å²) in [6.07, 6.45) is 3.06. The van der Waals surface area contributed by atoms with Gasteiger partial charge in [0.15, 0.2) is 0 Å². The molecule has 3 aromatic rings. The number of aromatic nitrogens is 4. The third-order valence-corrected chi connectivity index (χ3v) is 3.74. The van der Waals surface area contributed by atoms with Gasteiger partial charge in [-0.25, -0.2) is 9.07 Å². The average Bonchev–Trinajstić information content (AvgIpc) is 3.13. The van der Waals surface area contributed by atoms with Crippen LogP contribution in [0, 0.1) is 19.7 Å². The summed E-state index contributed by atoms with van der Waals surface area (Å²) in [5.74, 6) is -0.594. The Morgan fingerprint density at radius 2 is 2.04 bits per heavy atom. The highest BCUT2D eigenvalue weighted by Gasteiger charge is 2.18. The number of hydrogen-bond acceptors (Lipinski definition) is 3. The number of aryl methyl sites for hydroxylation is 2. The topological polar surface area (TPSA) is 64.7 Å². The molecular formula is C17H18FN5O. The minimum absolute atomic E-state index is 0.214. The van der Waals surface area contributed by atoms with Crippen molar-refractivity contribution in [1.29, 1.82) is 0 Å². The van der Waals surface area contributed by atoms with Gasteiger partial charge >= 0.3 is 0 Å². The lowest BCUT2D eigenvalue weighted by atomic mass is 10.3. The number of carbonyl (C=O) groups is 1. The summed E-state index contributed by atoms with van der Waals surface area (Å²) in [6.45, 7) is 5.56. The van der Waals surface area contributed by atoms with Gasteiger partial charge in [-0.3, -0.25) is 9.48 Å². The Kier molecular flexibility index (Phi) is 4.16. The Hall–Kier alpha value is -2.96. The first kappa shape index (κ1) is 15.9. The lowest BCUT2D eigenvalue weighted by Crippen LogP contribution is -2.25. The monoisotopic (exact) mass is 327 g/mol. The van der Waals surface area contributed by atoms with Gasteiger partial charge in [-0.1, -0.05) is 12.1 Å². The number of carbonyl (C=O) groups excluding carboxylic acids is 1. The minimum Gasteiger partial charge on any atom is -0.322 e. The van der Waals surface area contributed by atoms with E-state index >= 15 is 0 Å². The van der Waals surface area contributed by atoms with E-state index in [0.717, 1.165) is 11.4 Å². The summed E-state index contributed by atoms with van der Waals surface area (Å²) < 4.78 is 16.8. The molecule has 0 bridgehead atoms. The molecule has 0 saturated carbocycles. The number of halogens is 1. The summed E-state index contributed by atoms with van der Waals surface area (Å²) in [4.78, 5) is 12.4. The first-order valence-electron chi connectivity index (χ1n) is 7.59. The lowest BCUT2D eigenvalue weighted by molar-refractivity contribution is -0.119. The van der Waals surface area contributed by atoms with Crippen molar-refractivity contribution in [1.82, 2.24) is 19.6 Å². The Balaban J connectivity index is 1.76. The van der Waals surface area contributed by atoms with E-state index in [1.807, 2.05) is 19.9 Å². The van der Waals surface area contributed by atoms with E-state index < -0.39 is 6.04 Å². The second-order valence-electron chi connectivity index (χ2n) is 5.66. The van der Waals surface area contributed by atoms with Gasteiger partial charge in [0.05, 0.1) is 23.8 Å². The third kappa shape index (κ3) is 3.05. The van der Waals surface area contributed by atoms with Crippen molar-refractivity contribution in [2.45, 2.75) is 26.8 Å². The molecule has 0 radical (unpaired) electrons. The van der Waals surface area contributed by atoms with E-state index in [2.05, 4.69) is 15.5 Å². The van der Waals surface area contributed by atoms with Crippen LogP contribution in [0.3, 0.4) is 0 Å². The van der Waals surface area contributed by atoms with Crippen LogP contribution in [-0.4, -0.2) is 25.5 Å². The molecule has 0 aliphatic heterocycles. The van der Waals surface area contributed by atoms with Crippen LogP contribution in [0.5, 0.6) is 0 Å². The van der Waals surface area contributed by atoms with Crippen molar-refractivity contribution in [2.24, 2.45) is 0 Å². The number of rotatable bonds is 4. The molecule has 2 aromatic heterocycles. The largest absolute Gasteiger partial charge is 0.322 e. The molecule has 6 nitrogen and oxygen atoms in total. The maximum Gasteiger partial charge on any atom is 0.249 e. The van der Waals surface area contributed by atoms with Gasteiger partial charge in [0.1, 0.15) is 17.5 Å². The van der Waals surface area contributed by atoms with Crippen LogP contribution >= 0.6 is 0 Å². The quantitative estimate of drug-likeness (QED) is 0.801. The van der Waals surface area contributed by atoms with Crippen molar-refractivity contribution in [3.8, 4) is 5.69 Å². The second kappa shape index (κ2) is 6.27. The molecule has 0 aliphatic carbocycles. The lowest BCUT2D eigenvalue weighted by Gasteiger charge is -2.13. The zero-order chi connectivity index (χ0) is 17.3. The first-order chi connectivity index (χ1) is 11.5. The highest BCUT2D eigenvalue weighted by molar-refractivity contribution is 5.93. The van der Waals surface area contributed by atoms with E-state index in [4.69, 9.17) is 0 Å². The Morgan fingerprint density at radius 3 is 2.71 bits per heavy atom. The standard InChI is InChI=1S/C17H18FN5O/c1-11-8-12(2)23(21-11)13(3)17(24)20-14-9-19-22(10-14)16-7-5-4-6-15(16)18/h4-10,13H,1-3H3,(H,20,24). The summed E-state index contributed by atoms with van der Waals surface area (Å²) in [7, 11) is 0. The Morgan fingerprint density at radius 1 is 1.29 bits per heavy atom. The molecule has 7 heteroatoms. The molecule has 1 atom stereocenters. The fourth-order valence-electron chi connectivity index (χ4n) is 2.55. The predicted octanol–water partition coefficient (Wildman–Crippen LogP) is 3.02. The van der Waals surface area contributed by atoms with E-state index in [1.54, 1.807) is 36.0 Å². The molecule has 3 rings (SSSR count). The number of hydrogen-bond donors (Lipinski definition) is 1. The van der Waals surface area contributed by atoms with E-state index in [-0.39, 0.29) is 11.7 Å². The van der Waals surface area contributed by atoms with Gasteiger partial charge in [0.25, 0.3) is 0 Å². The number of benzene rings is 1. The summed E-state index contributed by atoms with van der Waals surface area (Å²) >= 11 is 0. The normalized spacial score (nSPS) is 12.2. The molecule has 0 aliphatic rings. The molecule has 0 spiro atoms. The zero-order valence-corrected chi connectivity index (χ0v) is 13.7. The minimum atomic E-state index is -0.462. The Labute approximate surface area is 138 Å². The predicted molar refractivity (Wildman–Crippen MR) is 88.6 cm³/mol. The van der Waals surface area contributed by atoms with Crippen LogP contribution in [0.15, 0.2) is 42.7 Å². The molecule has 0 saturated heterocycles. The van der Waals surface area contributed by atoms with Crippen molar-refractivity contribution in [3.63, 3.8) is 0 Å². The molecule has 24 heavy (non-hydrogen) atoms. The SMILES string of the molecule is Cc1cc(C)n(C(C)C(=O)Nc2cnn(-c3ccccc3F)c2)n1. The van der Waals surface area contributed by atoms with Gasteiger partial charge in [-0.2, -0.15) is 10.2 Å². The number of anilines is 1. The molecule has 1 aromatic carbocycles. The first-order valence-corrected chi connectivity index (χ1v) is 7.59. The highest BCUT2D eigenvalue weighted by atomic mass is 19.1. The summed E-state index contributed by atoms with van der Waals surface area (Å²) in [5, 5.41) is 11.2. The van der Waals surface area contributed by atoms with Crippen LogP contribution in [0.4, 0.5) is 10.1 Å². The van der Waals surface area contributed by atoms with Crippen LogP contribution in [0.25, 0.3) is 5.69 Å². The molecule has 1 unspecified atom stereocenters. The van der Waals surface area contributed by atoms with Crippen LogP contribution in [0.1, 0.15) is 24.4 Å². The number of nitrogens with one attached hydrogen (secondary N) is 1. The smallest absolute Gasteiger partial charge is 0.249 e. The molecule has 1 amide bonds. The number of amides is 1. The van der Waals surface area contributed by atoms with Crippen molar-refractivity contribution < 1.29 is 9.18 Å². The van der Waals surface area contributed by atoms with Crippen LogP contribution in [0.2, 0.25) is 0 Å². The highest BCUT2D eigenvalue weighted by Crippen LogP contribution is 2.17. The number of para-hydroxylation sites is 1. The van der Waals surface area contributed by atoms with Crippen LogP contribution in [-0.2, 0) is 4.79 Å². The Bertz CT molecular complexity index is 883. The second-order valence-corrected chi connectivity index (χ2v) is 5.66. The van der Waals surface area contributed by atoms with Crippen molar-refractivity contribution in [3.05, 3.63) is 59.9 Å². The van der Waals surface area contributed by atoms with Gasteiger partial charge in [0.2, 0.25) is 5.91 Å². The van der Waals surface area contributed by atoms with E-state index in [9.17, 15) is 9.18 Å². The molecule has 124 valence electrons. The third-order valence-electron chi connectivity index (χ3n) is 3.74. The van der Waals surface area contributed by atoms with Gasteiger partial charge in [-0.15, -0.1) is 0 Å². The number of nitrogens with zero attached hydrogens (tertiary/aromatic N) is 4. The molecule has 2 heterocycles. The van der Waals surface area contributed by atoms with Crippen molar-refractivity contribution in [2.75, 3.05) is 5.32 Å². The molecule has 1 N–H and O–H groups in total.